The molecule has 42 heavy (non-hydrogen) atoms. The summed E-state index contributed by atoms with van der Waals surface area (Å²) in [4.78, 5) is 40.1. The highest BCUT2D eigenvalue weighted by atomic mass is 35.5. The fourth-order valence-corrected chi connectivity index (χ4v) is 4.40. The first-order valence-electron chi connectivity index (χ1n) is 13.4. The molecule has 0 bridgehead atoms. The van der Waals surface area contributed by atoms with E-state index in [-0.39, 0.29) is 31.2 Å². The van der Waals surface area contributed by atoms with Gasteiger partial charge in [0.25, 0.3) is 5.91 Å². The predicted molar refractivity (Wildman–Crippen MR) is 166 cm³/mol. The molecule has 4 rings (SSSR count). The molecule has 0 unspecified atom stereocenters. The van der Waals surface area contributed by atoms with Gasteiger partial charge in [0.1, 0.15) is 17.8 Å². The zero-order chi connectivity index (χ0) is 29.0. The van der Waals surface area contributed by atoms with E-state index in [0.29, 0.717) is 24.3 Å². The van der Waals surface area contributed by atoms with Crippen LogP contribution in [-0.2, 0) is 16.0 Å². The lowest BCUT2D eigenvalue weighted by molar-refractivity contribution is -0.139. The van der Waals surface area contributed by atoms with Crippen LogP contribution in [0.25, 0.3) is 10.8 Å². The van der Waals surface area contributed by atoms with Gasteiger partial charge in [-0.2, -0.15) is 0 Å². The Morgan fingerprint density at radius 3 is 2.14 bits per heavy atom. The number of guanidine groups is 1. The number of hydrogen-bond acceptors (Lipinski definition) is 5. The Morgan fingerprint density at radius 1 is 0.786 bits per heavy atom. The number of nitrogens with one attached hydrogen (secondary N) is 4. The molecule has 0 radical (unpaired) electrons. The van der Waals surface area contributed by atoms with Crippen molar-refractivity contribution in [3.63, 3.8) is 0 Å². The molecule has 4 aromatic rings. The fraction of sp³-hybridized carbons (Fsp3) is 0.188. The van der Waals surface area contributed by atoms with E-state index in [1.54, 1.807) is 42.5 Å². The smallest absolute Gasteiger partial charge is 0.334 e. The number of carbonyl (C=O) groups excluding carboxylic acids is 3. The van der Waals surface area contributed by atoms with Gasteiger partial charge in [0.15, 0.2) is 5.96 Å². The number of amides is 2. The van der Waals surface area contributed by atoms with E-state index in [4.69, 9.17) is 15.9 Å². The lowest BCUT2D eigenvalue weighted by Gasteiger charge is -2.23. The van der Waals surface area contributed by atoms with E-state index >= 15 is 0 Å². The van der Waals surface area contributed by atoms with Crippen LogP contribution in [0.3, 0.4) is 0 Å². The third kappa shape index (κ3) is 9.07. The fourth-order valence-electron chi connectivity index (χ4n) is 4.40. The average molecular weight is 588 g/mol. The normalized spacial score (nSPS) is 11.8. The zero-order valence-electron chi connectivity index (χ0n) is 22.9. The summed E-state index contributed by atoms with van der Waals surface area (Å²) < 4.78 is 5.79. The predicted octanol–water partition coefficient (Wildman–Crippen LogP) is 3.96. The first kappa shape index (κ1) is 31.6. The van der Waals surface area contributed by atoms with E-state index in [1.165, 1.54) is 0 Å². The Labute approximate surface area is 250 Å². The van der Waals surface area contributed by atoms with Gasteiger partial charge in [0.2, 0.25) is 5.91 Å². The van der Waals surface area contributed by atoms with Crippen molar-refractivity contribution in [3.8, 4) is 5.75 Å². The summed E-state index contributed by atoms with van der Waals surface area (Å²) in [5.74, 6) is -1.35. The van der Waals surface area contributed by atoms with Crippen LogP contribution in [0.15, 0.2) is 103 Å². The van der Waals surface area contributed by atoms with Crippen molar-refractivity contribution in [2.75, 3.05) is 6.54 Å². The summed E-state index contributed by atoms with van der Waals surface area (Å²) >= 11 is 0. The third-order valence-electron chi connectivity index (χ3n) is 6.49. The first-order valence-corrected chi connectivity index (χ1v) is 13.4. The number of halogens is 1. The Hall–Kier alpha value is -4.89. The van der Waals surface area contributed by atoms with Crippen molar-refractivity contribution >= 4 is 46.9 Å². The molecule has 0 heterocycles. The molecule has 2 amide bonds. The van der Waals surface area contributed by atoms with Gasteiger partial charge < -0.3 is 26.4 Å². The van der Waals surface area contributed by atoms with Crippen LogP contribution in [-0.4, -0.2) is 42.4 Å². The summed E-state index contributed by atoms with van der Waals surface area (Å²) in [5.41, 5.74) is 6.65. The largest absolute Gasteiger partial charge is 0.424 e. The van der Waals surface area contributed by atoms with Crippen LogP contribution in [0.1, 0.15) is 28.8 Å². The van der Waals surface area contributed by atoms with Crippen LogP contribution in [0.2, 0.25) is 0 Å². The molecular weight excluding hydrogens is 554 g/mol. The molecule has 2 atom stereocenters. The molecule has 0 fully saturated rings. The minimum absolute atomic E-state index is 0. The van der Waals surface area contributed by atoms with Gasteiger partial charge in [0.05, 0.1) is 0 Å². The van der Waals surface area contributed by atoms with Crippen LogP contribution in [0.5, 0.6) is 5.75 Å². The number of esters is 1. The molecule has 0 saturated carbocycles. The van der Waals surface area contributed by atoms with Gasteiger partial charge in [-0.15, -0.1) is 12.4 Å². The Kier molecular flexibility index (Phi) is 11.9. The van der Waals surface area contributed by atoms with Gasteiger partial charge in [-0.1, -0.05) is 84.9 Å². The molecule has 0 aliphatic heterocycles. The zero-order valence-corrected chi connectivity index (χ0v) is 23.7. The van der Waals surface area contributed by atoms with Gasteiger partial charge in [-0.25, -0.2) is 4.79 Å². The van der Waals surface area contributed by atoms with Crippen molar-refractivity contribution in [2.45, 2.75) is 31.3 Å². The van der Waals surface area contributed by atoms with E-state index < -0.39 is 29.9 Å². The number of hydrogen-bond donors (Lipinski definition) is 5. The van der Waals surface area contributed by atoms with Gasteiger partial charge >= 0.3 is 5.97 Å². The summed E-state index contributed by atoms with van der Waals surface area (Å²) in [6.07, 6.45) is 0.872. The number of nitrogens with two attached hydrogens (primary N) is 1. The Bertz CT molecular complexity index is 1500. The minimum Gasteiger partial charge on any atom is -0.424 e. The number of benzene rings is 4. The van der Waals surface area contributed by atoms with E-state index in [0.717, 1.165) is 16.3 Å². The maximum atomic E-state index is 13.6. The van der Waals surface area contributed by atoms with Crippen molar-refractivity contribution in [1.82, 2.24) is 16.0 Å². The molecule has 0 aliphatic carbocycles. The molecule has 0 spiro atoms. The van der Waals surface area contributed by atoms with E-state index in [1.807, 2.05) is 60.7 Å². The summed E-state index contributed by atoms with van der Waals surface area (Å²) in [7, 11) is 0. The highest BCUT2D eigenvalue weighted by Crippen LogP contribution is 2.25. The average Bonchev–Trinajstić information content (AvgIpc) is 2.99. The Morgan fingerprint density at radius 2 is 1.43 bits per heavy atom. The van der Waals surface area contributed by atoms with Gasteiger partial charge in [-0.3, -0.25) is 15.0 Å². The van der Waals surface area contributed by atoms with Gasteiger partial charge in [0, 0.05) is 23.9 Å². The molecular formula is C32H34ClN5O4. The maximum absolute atomic E-state index is 13.6. The second kappa shape index (κ2) is 15.8. The van der Waals surface area contributed by atoms with Crippen LogP contribution in [0, 0.1) is 5.41 Å². The molecule has 0 saturated heterocycles. The minimum atomic E-state index is -1.01. The number of fused-ring (bicyclic) bond motifs is 1. The quantitative estimate of drug-likeness (QED) is 0.0557. The molecule has 6 N–H and O–H groups in total. The highest BCUT2D eigenvalue weighted by molar-refractivity contribution is 5.98. The second-order valence-electron chi connectivity index (χ2n) is 9.52. The molecule has 9 nitrogen and oxygen atoms in total. The molecule has 0 aliphatic rings. The number of carbonyl (C=O) groups is 3. The summed E-state index contributed by atoms with van der Waals surface area (Å²) in [5, 5.41) is 17.4. The lowest BCUT2D eigenvalue weighted by atomic mass is 10.0. The monoisotopic (exact) mass is 587 g/mol. The number of rotatable bonds is 12. The highest BCUT2D eigenvalue weighted by Gasteiger charge is 2.28. The van der Waals surface area contributed by atoms with Crippen molar-refractivity contribution in [1.29, 1.82) is 5.41 Å². The third-order valence-corrected chi connectivity index (χ3v) is 6.49. The molecule has 10 heteroatoms. The van der Waals surface area contributed by atoms with E-state index in [9.17, 15) is 14.4 Å². The molecule has 0 aromatic heterocycles. The van der Waals surface area contributed by atoms with Crippen LogP contribution in [0.4, 0.5) is 0 Å². The summed E-state index contributed by atoms with van der Waals surface area (Å²) in [6.45, 7) is 0.335. The van der Waals surface area contributed by atoms with E-state index in [2.05, 4.69) is 16.0 Å². The molecule has 4 aromatic carbocycles. The summed E-state index contributed by atoms with van der Waals surface area (Å²) in [6, 6.07) is 28.9. The van der Waals surface area contributed by atoms with Crippen molar-refractivity contribution < 1.29 is 19.1 Å². The Balaban J connectivity index is 0.00000484. The SMILES string of the molecule is Cl.N=C(N)NCCC[C@H](NC(=O)[C@H](Cc1ccccc1)NC(=O)c1ccccc1)C(=O)Oc1cccc2ccccc12. The van der Waals surface area contributed by atoms with Crippen molar-refractivity contribution in [2.24, 2.45) is 5.73 Å². The second-order valence-corrected chi connectivity index (χ2v) is 9.52. The standard InChI is InChI=1S/C32H33N5O4.ClH/c33-32(34)35-20-10-18-26(31(40)41-28-19-9-16-23-13-7-8-17-25(23)28)36-30(39)27(21-22-11-3-1-4-12-22)37-29(38)24-14-5-2-6-15-24;/h1-9,11-17,19,26-27H,10,18,20-21H2,(H,36,39)(H,37,38)(H4,33,34,35);1H/t26-,27-;/m0./s1. The van der Waals surface area contributed by atoms with Gasteiger partial charge in [-0.05, 0) is 42.0 Å². The topological polar surface area (TPSA) is 146 Å². The number of ether oxygens (including phenoxy) is 1. The van der Waals surface area contributed by atoms with Crippen LogP contribution >= 0.6 is 12.4 Å². The lowest BCUT2D eigenvalue weighted by Crippen LogP contribution is -2.53. The first-order chi connectivity index (χ1) is 19.9. The molecule has 218 valence electrons. The maximum Gasteiger partial charge on any atom is 0.334 e. The van der Waals surface area contributed by atoms with Crippen LogP contribution < -0.4 is 26.4 Å². The van der Waals surface area contributed by atoms with Crippen molar-refractivity contribution in [3.05, 3.63) is 114 Å².